The fourth-order valence-corrected chi connectivity index (χ4v) is 2.41. The fraction of sp³-hybridized carbons (Fsp3) is 0.385. The molecule has 0 aliphatic rings. The van der Waals surface area contributed by atoms with Gasteiger partial charge in [-0.25, -0.2) is 4.39 Å². The number of nitrogens with zero attached hydrogens (tertiary/aromatic N) is 3. The number of carbonyl (C=O) groups excluding carboxylic acids is 1. The van der Waals surface area contributed by atoms with Gasteiger partial charge in [-0.3, -0.25) is 15.1 Å². The molecule has 0 fully saturated rings. The first-order valence-corrected chi connectivity index (χ1v) is 7.25. The van der Waals surface area contributed by atoms with E-state index < -0.39 is 11.7 Å². The van der Waals surface area contributed by atoms with E-state index in [0.29, 0.717) is 5.13 Å². The number of aryl methyl sites for hydroxylation is 1. The van der Waals surface area contributed by atoms with Gasteiger partial charge < -0.3 is 0 Å². The summed E-state index contributed by atoms with van der Waals surface area (Å²) in [5.74, 6) is -0.983. The molecule has 5 nitrogen and oxygen atoms in total. The quantitative estimate of drug-likeness (QED) is 0.831. The van der Waals surface area contributed by atoms with Gasteiger partial charge in [-0.1, -0.05) is 31.1 Å². The van der Waals surface area contributed by atoms with Gasteiger partial charge in [0.1, 0.15) is 10.8 Å². The number of nitrogens with one attached hydrogen (secondary N) is 1. The average molecular weight is 294 g/mol. The Hall–Kier alpha value is -1.89. The van der Waals surface area contributed by atoms with Gasteiger partial charge in [0.15, 0.2) is 0 Å². The van der Waals surface area contributed by atoms with Crippen molar-refractivity contribution in [2.24, 2.45) is 0 Å². The Labute approximate surface area is 120 Å². The van der Waals surface area contributed by atoms with Crippen LogP contribution < -0.4 is 5.32 Å². The predicted molar refractivity (Wildman–Crippen MR) is 75.3 cm³/mol. The first kappa shape index (κ1) is 14.5. The van der Waals surface area contributed by atoms with Crippen molar-refractivity contribution < 1.29 is 9.18 Å². The number of amides is 1. The summed E-state index contributed by atoms with van der Waals surface area (Å²) in [4.78, 5) is 15.5. The molecule has 2 aromatic rings. The third kappa shape index (κ3) is 4.06. The van der Waals surface area contributed by atoms with Gasteiger partial charge >= 0.3 is 0 Å². The lowest BCUT2D eigenvalue weighted by Crippen LogP contribution is -2.12. The van der Waals surface area contributed by atoms with Gasteiger partial charge in [0.25, 0.3) is 5.91 Å². The van der Waals surface area contributed by atoms with Gasteiger partial charge in [-0.05, 0) is 12.5 Å². The number of halogens is 1. The number of carbonyl (C=O) groups is 1. The van der Waals surface area contributed by atoms with Gasteiger partial charge in [0.2, 0.25) is 5.13 Å². The van der Waals surface area contributed by atoms with Gasteiger partial charge in [-0.2, -0.15) is 0 Å². The lowest BCUT2D eigenvalue weighted by Gasteiger charge is -2.00. The highest BCUT2D eigenvalue weighted by Gasteiger charge is 2.11. The summed E-state index contributed by atoms with van der Waals surface area (Å²) in [6.07, 6.45) is 6.58. The standard InChI is InChI=1S/C13H15FN4OS/c1-2-3-4-5-11-17-18-13(20-11)16-12(19)9-6-10(14)8-15-7-9/h6-8H,2-5H2,1H3,(H,16,18,19). The zero-order chi connectivity index (χ0) is 14.4. The molecule has 0 unspecified atom stereocenters. The second kappa shape index (κ2) is 7.04. The number of unbranched alkanes of at least 4 members (excludes halogenated alkanes) is 2. The van der Waals surface area contributed by atoms with Gasteiger partial charge in [0, 0.05) is 12.6 Å². The molecule has 0 saturated heterocycles. The molecular formula is C13H15FN4OS. The van der Waals surface area contributed by atoms with Gasteiger partial charge in [-0.15, -0.1) is 10.2 Å². The summed E-state index contributed by atoms with van der Waals surface area (Å²) in [5.41, 5.74) is 0.160. The summed E-state index contributed by atoms with van der Waals surface area (Å²) in [7, 11) is 0. The Morgan fingerprint density at radius 3 is 2.95 bits per heavy atom. The maximum absolute atomic E-state index is 13.0. The molecule has 1 amide bonds. The van der Waals surface area contributed by atoms with Crippen LogP contribution in [-0.2, 0) is 6.42 Å². The van der Waals surface area contributed by atoms with E-state index in [4.69, 9.17) is 0 Å². The number of pyridine rings is 1. The van der Waals surface area contributed by atoms with E-state index >= 15 is 0 Å². The minimum atomic E-state index is -0.546. The number of hydrogen-bond acceptors (Lipinski definition) is 5. The van der Waals surface area contributed by atoms with Crippen molar-refractivity contribution in [1.29, 1.82) is 0 Å². The summed E-state index contributed by atoms with van der Waals surface area (Å²) in [6.45, 7) is 2.14. The summed E-state index contributed by atoms with van der Waals surface area (Å²) in [6, 6.07) is 1.13. The highest BCUT2D eigenvalue weighted by atomic mass is 32.1. The molecule has 0 bridgehead atoms. The third-order valence-corrected chi connectivity index (χ3v) is 3.55. The molecule has 20 heavy (non-hydrogen) atoms. The molecule has 0 aliphatic carbocycles. The second-order valence-corrected chi connectivity index (χ2v) is 5.37. The van der Waals surface area contributed by atoms with Crippen LogP contribution in [0.15, 0.2) is 18.5 Å². The maximum atomic E-state index is 13.0. The highest BCUT2D eigenvalue weighted by molar-refractivity contribution is 7.15. The van der Waals surface area contributed by atoms with Crippen molar-refractivity contribution in [3.8, 4) is 0 Å². The highest BCUT2D eigenvalue weighted by Crippen LogP contribution is 2.18. The smallest absolute Gasteiger partial charge is 0.259 e. The Bertz CT molecular complexity index is 587. The number of aromatic nitrogens is 3. The van der Waals surface area contributed by atoms with Crippen LogP contribution >= 0.6 is 11.3 Å². The average Bonchev–Trinajstić information content (AvgIpc) is 2.86. The van der Waals surface area contributed by atoms with Crippen LogP contribution in [0.4, 0.5) is 9.52 Å². The minimum Gasteiger partial charge on any atom is -0.296 e. The number of anilines is 1. The van der Waals surface area contributed by atoms with Crippen molar-refractivity contribution in [2.45, 2.75) is 32.6 Å². The van der Waals surface area contributed by atoms with E-state index in [2.05, 4.69) is 27.4 Å². The molecule has 0 aliphatic heterocycles. The van der Waals surface area contributed by atoms with Crippen LogP contribution in [0.25, 0.3) is 0 Å². The molecule has 7 heteroatoms. The number of rotatable bonds is 6. The second-order valence-electron chi connectivity index (χ2n) is 4.30. The molecule has 2 aromatic heterocycles. The maximum Gasteiger partial charge on any atom is 0.259 e. The van der Waals surface area contributed by atoms with Crippen LogP contribution in [-0.4, -0.2) is 21.1 Å². The summed E-state index contributed by atoms with van der Waals surface area (Å²) < 4.78 is 13.0. The van der Waals surface area contributed by atoms with Crippen molar-refractivity contribution in [3.05, 3.63) is 34.8 Å². The van der Waals surface area contributed by atoms with Crippen LogP contribution in [0.1, 0.15) is 41.6 Å². The lowest BCUT2D eigenvalue weighted by atomic mass is 10.2. The zero-order valence-corrected chi connectivity index (χ0v) is 11.9. The Balaban J connectivity index is 1.94. The van der Waals surface area contributed by atoms with Crippen LogP contribution in [0, 0.1) is 5.82 Å². The van der Waals surface area contributed by atoms with E-state index in [1.807, 2.05) is 0 Å². The summed E-state index contributed by atoms with van der Waals surface area (Å²) in [5, 5.41) is 11.8. The molecule has 0 saturated carbocycles. The molecule has 106 valence electrons. The molecule has 0 radical (unpaired) electrons. The SMILES string of the molecule is CCCCCc1nnc(NC(=O)c2cncc(F)c2)s1. The van der Waals surface area contributed by atoms with E-state index in [1.165, 1.54) is 17.5 Å². The Morgan fingerprint density at radius 1 is 1.35 bits per heavy atom. The molecule has 2 rings (SSSR count). The fourth-order valence-electron chi connectivity index (χ4n) is 1.64. The predicted octanol–water partition coefficient (Wildman–Crippen LogP) is 3.06. The van der Waals surface area contributed by atoms with Crippen molar-refractivity contribution >= 4 is 22.4 Å². The minimum absolute atomic E-state index is 0.160. The first-order valence-electron chi connectivity index (χ1n) is 6.43. The molecule has 0 spiro atoms. The first-order chi connectivity index (χ1) is 9.69. The third-order valence-electron chi connectivity index (χ3n) is 2.65. The largest absolute Gasteiger partial charge is 0.296 e. The van der Waals surface area contributed by atoms with Crippen LogP contribution in [0.5, 0.6) is 0 Å². The van der Waals surface area contributed by atoms with E-state index in [0.717, 1.165) is 43.0 Å². The van der Waals surface area contributed by atoms with Crippen LogP contribution in [0.3, 0.4) is 0 Å². The zero-order valence-electron chi connectivity index (χ0n) is 11.1. The topological polar surface area (TPSA) is 67.8 Å². The normalized spacial score (nSPS) is 10.5. The van der Waals surface area contributed by atoms with Crippen LogP contribution in [0.2, 0.25) is 0 Å². The summed E-state index contributed by atoms with van der Waals surface area (Å²) >= 11 is 1.34. The molecule has 0 aromatic carbocycles. The Kier molecular flexibility index (Phi) is 5.11. The van der Waals surface area contributed by atoms with Crippen molar-refractivity contribution in [1.82, 2.24) is 15.2 Å². The molecule has 2 heterocycles. The number of hydrogen-bond donors (Lipinski definition) is 1. The Morgan fingerprint density at radius 2 is 2.20 bits per heavy atom. The van der Waals surface area contributed by atoms with E-state index in [9.17, 15) is 9.18 Å². The van der Waals surface area contributed by atoms with Gasteiger partial charge in [0.05, 0.1) is 11.8 Å². The monoisotopic (exact) mass is 294 g/mol. The molecule has 1 N–H and O–H groups in total. The van der Waals surface area contributed by atoms with Crippen molar-refractivity contribution in [2.75, 3.05) is 5.32 Å². The lowest BCUT2D eigenvalue weighted by molar-refractivity contribution is 0.102. The molecular weight excluding hydrogens is 279 g/mol. The van der Waals surface area contributed by atoms with Crippen molar-refractivity contribution in [3.63, 3.8) is 0 Å². The van der Waals surface area contributed by atoms with E-state index in [-0.39, 0.29) is 5.56 Å². The van der Waals surface area contributed by atoms with E-state index in [1.54, 1.807) is 0 Å². The molecule has 0 atom stereocenters.